The number of fused-ring (bicyclic) bond motifs is 1. The number of aliphatic hydroxyl groups excluding tert-OH is 1. The molecule has 33 heavy (non-hydrogen) atoms. The van der Waals surface area contributed by atoms with E-state index in [1.54, 1.807) is 11.8 Å². The maximum atomic E-state index is 14.0. The lowest BCUT2D eigenvalue weighted by Crippen LogP contribution is -2.60. The topological polar surface area (TPSA) is 105 Å². The number of aliphatic hydroxyl groups is 1. The monoisotopic (exact) mass is 464 g/mol. The van der Waals surface area contributed by atoms with Crippen LogP contribution < -0.4 is 5.32 Å². The van der Waals surface area contributed by atoms with Gasteiger partial charge in [0, 0.05) is 6.04 Å². The van der Waals surface area contributed by atoms with Crippen molar-refractivity contribution < 1.29 is 29.0 Å². The van der Waals surface area contributed by atoms with E-state index in [1.807, 2.05) is 20.8 Å². The van der Waals surface area contributed by atoms with Crippen molar-refractivity contribution in [1.82, 2.24) is 10.2 Å². The molecule has 3 heterocycles. The van der Waals surface area contributed by atoms with E-state index in [2.05, 4.69) is 5.32 Å². The van der Waals surface area contributed by atoms with Gasteiger partial charge in [-0.3, -0.25) is 14.4 Å². The van der Waals surface area contributed by atoms with Gasteiger partial charge in [-0.15, -0.1) is 0 Å². The molecule has 4 fully saturated rings. The molecule has 0 aromatic rings. The maximum absolute atomic E-state index is 14.0. The van der Waals surface area contributed by atoms with Crippen molar-refractivity contribution in [3.8, 4) is 0 Å². The fourth-order valence-electron chi connectivity index (χ4n) is 6.95. The molecule has 1 saturated carbocycles. The summed E-state index contributed by atoms with van der Waals surface area (Å²) in [7, 11) is 0. The van der Waals surface area contributed by atoms with E-state index in [4.69, 9.17) is 9.47 Å². The van der Waals surface area contributed by atoms with E-state index >= 15 is 0 Å². The van der Waals surface area contributed by atoms with E-state index in [0.717, 1.165) is 32.1 Å². The number of ether oxygens (including phenoxy) is 2. The number of carbonyl (C=O) groups excluding carboxylic acids is 3. The minimum absolute atomic E-state index is 0.00649. The van der Waals surface area contributed by atoms with Crippen molar-refractivity contribution in [2.75, 3.05) is 13.2 Å². The Kier molecular flexibility index (Phi) is 6.80. The van der Waals surface area contributed by atoms with Gasteiger partial charge in [-0.05, 0) is 45.4 Å². The number of esters is 1. The molecule has 1 spiro atoms. The Balaban J connectivity index is 1.74. The normalized spacial score (nSPS) is 37.7. The first-order valence-corrected chi connectivity index (χ1v) is 12.8. The van der Waals surface area contributed by atoms with Crippen molar-refractivity contribution in [1.29, 1.82) is 0 Å². The van der Waals surface area contributed by atoms with Crippen LogP contribution in [-0.2, 0) is 23.9 Å². The maximum Gasteiger partial charge on any atom is 0.312 e. The first kappa shape index (κ1) is 24.5. The summed E-state index contributed by atoms with van der Waals surface area (Å²) >= 11 is 0. The predicted octanol–water partition coefficient (Wildman–Crippen LogP) is 2.17. The average Bonchev–Trinajstić information content (AvgIpc) is 3.36. The highest BCUT2D eigenvalue weighted by atomic mass is 16.6. The van der Waals surface area contributed by atoms with Crippen molar-refractivity contribution in [2.45, 2.75) is 108 Å². The van der Waals surface area contributed by atoms with E-state index < -0.39 is 41.1 Å². The van der Waals surface area contributed by atoms with Gasteiger partial charge in [0.15, 0.2) is 0 Å². The number of hydrogen-bond acceptors (Lipinski definition) is 6. The van der Waals surface area contributed by atoms with Crippen LogP contribution in [-0.4, -0.2) is 70.3 Å². The predicted molar refractivity (Wildman–Crippen MR) is 121 cm³/mol. The molecule has 186 valence electrons. The molecule has 2 N–H and O–H groups in total. The van der Waals surface area contributed by atoms with Gasteiger partial charge in [0.05, 0.1) is 30.8 Å². The lowest BCUT2D eigenvalue weighted by Gasteiger charge is -2.40. The number of rotatable bonds is 8. The highest BCUT2D eigenvalue weighted by Crippen LogP contribution is 2.63. The number of likely N-dealkylation sites (tertiary alicyclic amines) is 1. The zero-order chi connectivity index (χ0) is 24.0. The number of carbonyl (C=O) groups is 3. The van der Waals surface area contributed by atoms with Crippen LogP contribution in [0.5, 0.6) is 0 Å². The van der Waals surface area contributed by atoms with Crippen molar-refractivity contribution in [2.24, 2.45) is 17.8 Å². The molecule has 4 aliphatic rings. The Morgan fingerprint density at radius 3 is 2.55 bits per heavy atom. The van der Waals surface area contributed by atoms with Crippen LogP contribution >= 0.6 is 0 Å². The fraction of sp³-hybridized carbons (Fsp3) is 0.880. The van der Waals surface area contributed by atoms with Gasteiger partial charge >= 0.3 is 5.97 Å². The molecule has 0 radical (unpaired) electrons. The minimum atomic E-state index is -1.07. The van der Waals surface area contributed by atoms with E-state index in [0.29, 0.717) is 12.8 Å². The highest BCUT2D eigenvalue weighted by molar-refractivity contribution is 5.98. The second-order valence-corrected chi connectivity index (χ2v) is 10.7. The largest absolute Gasteiger partial charge is 0.466 e. The molecule has 8 heteroatoms. The van der Waals surface area contributed by atoms with Crippen LogP contribution in [0, 0.1) is 17.8 Å². The summed E-state index contributed by atoms with van der Waals surface area (Å²) < 4.78 is 11.9. The van der Waals surface area contributed by atoms with Gasteiger partial charge in [-0.25, -0.2) is 0 Å². The van der Waals surface area contributed by atoms with Gasteiger partial charge < -0.3 is 24.8 Å². The minimum Gasteiger partial charge on any atom is -0.466 e. The van der Waals surface area contributed by atoms with Gasteiger partial charge in [-0.1, -0.05) is 39.5 Å². The van der Waals surface area contributed by atoms with Gasteiger partial charge in [0.2, 0.25) is 11.8 Å². The fourth-order valence-corrected chi connectivity index (χ4v) is 6.95. The molecule has 3 aliphatic heterocycles. The summed E-state index contributed by atoms with van der Waals surface area (Å²) in [6.45, 7) is 7.59. The quantitative estimate of drug-likeness (QED) is 0.534. The van der Waals surface area contributed by atoms with Crippen LogP contribution in [0.4, 0.5) is 0 Å². The number of amides is 2. The van der Waals surface area contributed by atoms with Gasteiger partial charge in [0.25, 0.3) is 0 Å². The van der Waals surface area contributed by atoms with Crippen molar-refractivity contribution in [3.05, 3.63) is 0 Å². The molecule has 2 unspecified atom stereocenters. The van der Waals surface area contributed by atoms with Crippen LogP contribution in [0.15, 0.2) is 0 Å². The van der Waals surface area contributed by atoms with Crippen molar-refractivity contribution >= 4 is 17.8 Å². The molecule has 0 aromatic heterocycles. The van der Waals surface area contributed by atoms with E-state index in [1.165, 1.54) is 6.42 Å². The number of nitrogens with zero attached hydrogens (tertiary/aromatic N) is 1. The SMILES string of the molecule is CCOC(=O)[C@H]1[C@H]2C(=O)N([C@@H](CO)[C@@H](C)CC)C(C(=O)NC3CCCCC3)C23CC[C@]1(C)O3. The number of hydrogen-bond donors (Lipinski definition) is 2. The van der Waals surface area contributed by atoms with Gasteiger partial charge in [-0.2, -0.15) is 0 Å². The summed E-state index contributed by atoms with van der Waals surface area (Å²) in [6.07, 6.45) is 7.08. The summed E-state index contributed by atoms with van der Waals surface area (Å²) in [5.74, 6) is -2.43. The summed E-state index contributed by atoms with van der Waals surface area (Å²) in [4.78, 5) is 42.5. The molecule has 2 amide bonds. The number of nitrogens with one attached hydrogen (secondary N) is 1. The Hall–Kier alpha value is -1.67. The highest BCUT2D eigenvalue weighted by Gasteiger charge is 2.79. The lowest BCUT2D eigenvalue weighted by atomic mass is 9.66. The van der Waals surface area contributed by atoms with Crippen molar-refractivity contribution in [3.63, 3.8) is 0 Å². The first-order valence-electron chi connectivity index (χ1n) is 12.8. The third-order valence-electron chi connectivity index (χ3n) is 8.80. The molecule has 7 atom stereocenters. The average molecular weight is 465 g/mol. The molecule has 3 saturated heterocycles. The summed E-state index contributed by atoms with van der Waals surface area (Å²) in [6, 6.07) is -1.28. The van der Waals surface area contributed by atoms with Crippen LogP contribution in [0.25, 0.3) is 0 Å². The van der Waals surface area contributed by atoms with Gasteiger partial charge in [0.1, 0.15) is 17.6 Å². The first-order chi connectivity index (χ1) is 15.7. The van der Waals surface area contributed by atoms with Crippen LogP contribution in [0.2, 0.25) is 0 Å². The molecule has 0 aromatic carbocycles. The third-order valence-corrected chi connectivity index (χ3v) is 8.80. The Morgan fingerprint density at radius 1 is 1.24 bits per heavy atom. The van der Waals surface area contributed by atoms with Crippen LogP contribution in [0.3, 0.4) is 0 Å². The molecule has 8 nitrogen and oxygen atoms in total. The lowest BCUT2D eigenvalue weighted by molar-refractivity contribution is -0.161. The van der Waals surface area contributed by atoms with E-state index in [9.17, 15) is 19.5 Å². The molecule has 2 bridgehead atoms. The standard InChI is InChI=1S/C25H40N2O6/c1-5-15(3)17(14-28)27-20(21(29)26-16-10-8-7-9-11-16)25-13-12-24(4,33-25)19(18(25)22(27)30)23(31)32-6-2/h15-20,28H,5-14H2,1-4H3,(H,26,29)/t15-,17-,18-,19+,20?,24-,25?/m0/s1. The summed E-state index contributed by atoms with van der Waals surface area (Å²) in [5.41, 5.74) is -1.89. The Labute approximate surface area is 196 Å². The zero-order valence-electron chi connectivity index (χ0n) is 20.5. The van der Waals surface area contributed by atoms with E-state index in [-0.39, 0.29) is 37.0 Å². The Morgan fingerprint density at radius 2 is 1.94 bits per heavy atom. The zero-order valence-corrected chi connectivity index (χ0v) is 20.5. The van der Waals surface area contributed by atoms with Crippen LogP contribution in [0.1, 0.15) is 79.1 Å². The molecule has 1 aliphatic carbocycles. The Bertz CT molecular complexity index is 783. The second-order valence-electron chi connectivity index (χ2n) is 10.7. The molecular formula is C25H40N2O6. The molecule has 4 rings (SSSR count). The smallest absolute Gasteiger partial charge is 0.312 e. The molecular weight excluding hydrogens is 424 g/mol. The second kappa shape index (κ2) is 9.17. The third kappa shape index (κ3) is 3.77. The summed E-state index contributed by atoms with van der Waals surface area (Å²) in [5, 5.41) is 13.5.